The molecule has 2 amide bonds. The van der Waals surface area contributed by atoms with Gasteiger partial charge in [0.1, 0.15) is 0 Å². The summed E-state index contributed by atoms with van der Waals surface area (Å²) >= 11 is 1.18. The zero-order valence-corrected chi connectivity index (χ0v) is 18.8. The number of aromatic nitrogens is 1. The van der Waals surface area contributed by atoms with Crippen LogP contribution in [0.5, 0.6) is 0 Å². The Labute approximate surface area is 189 Å². The first-order chi connectivity index (χ1) is 15.2. The number of sulfonamides is 1. The van der Waals surface area contributed by atoms with Crippen molar-refractivity contribution in [3.63, 3.8) is 0 Å². The Bertz CT molecular complexity index is 1290. The van der Waals surface area contributed by atoms with E-state index in [1.807, 2.05) is 0 Å². The lowest BCUT2D eigenvalue weighted by Gasteiger charge is -2.25. The summed E-state index contributed by atoms with van der Waals surface area (Å²) in [4.78, 5) is 29.0. The molecule has 4 rings (SSSR count). The topological polar surface area (TPSA) is 134 Å². The number of nitrogens with two attached hydrogens (primary N) is 1. The lowest BCUT2D eigenvalue weighted by Crippen LogP contribution is -2.35. The summed E-state index contributed by atoms with van der Waals surface area (Å²) in [7, 11) is -3.73. The first-order valence-electron chi connectivity index (χ1n) is 9.76. The number of hydrogen-bond donors (Lipinski definition) is 3. The van der Waals surface area contributed by atoms with Gasteiger partial charge in [-0.05, 0) is 36.4 Å². The maximum Gasteiger partial charge on any atom is 0.284 e. The number of hydrogen-bond acceptors (Lipinski definition) is 7. The third-order valence-corrected chi connectivity index (χ3v) is 7.85. The van der Waals surface area contributed by atoms with Crippen LogP contribution in [0.15, 0.2) is 53.4 Å². The van der Waals surface area contributed by atoms with Crippen molar-refractivity contribution < 1.29 is 18.0 Å². The van der Waals surface area contributed by atoms with Crippen LogP contribution in [0.3, 0.4) is 0 Å². The van der Waals surface area contributed by atoms with Crippen LogP contribution in [-0.4, -0.2) is 36.1 Å². The van der Waals surface area contributed by atoms with Crippen LogP contribution in [0.1, 0.15) is 27.3 Å². The smallest absolute Gasteiger partial charge is 0.284 e. The van der Waals surface area contributed by atoms with Gasteiger partial charge in [-0.3, -0.25) is 9.59 Å². The van der Waals surface area contributed by atoms with Gasteiger partial charge in [-0.25, -0.2) is 13.4 Å². The Morgan fingerprint density at radius 3 is 2.50 bits per heavy atom. The van der Waals surface area contributed by atoms with Gasteiger partial charge in [0.15, 0.2) is 5.01 Å². The Morgan fingerprint density at radius 1 is 1.09 bits per heavy atom. The second kappa shape index (κ2) is 8.69. The number of para-hydroxylation sites is 2. The SMILES string of the molecule is CC(=O)Nc1ccc(S(=O)(=O)N2CCc3nc(C(=O)Nc4ccccc4N)sc3C2)cc1. The first-order valence-corrected chi connectivity index (χ1v) is 12.0. The molecule has 0 spiro atoms. The van der Waals surface area contributed by atoms with E-state index in [0.29, 0.717) is 23.5 Å². The lowest BCUT2D eigenvalue weighted by molar-refractivity contribution is -0.114. The minimum atomic E-state index is -3.73. The molecular weight excluding hydrogens is 450 g/mol. The molecule has 9 nitrogen and oxygen atoms in total. The summed E-state index contributed by atoms with van der Waals surface area (Å²) in [5.41, 5.74) is 8.07. The van der Waals surface area contributed by atoms with E-state index in [2.05, 4.69) is 15.6 Å². The number of nitrogens with one attached hydrogen (secondary N) is 2. The van der Waals surface area contributed by atoms with Crippen molar-refractivity contribution in [2.75, 3.05) is 22.9 Å². The molecule has 0 saturated heterocycles. The molecule has 0 radical (unpaired) electrons. The fourth-order valence-corrected chi connectivity index (χ4v) is 5.83. The van der Waals surface area contributed by atoms with Gasteiger partial charge in [0.2, 0.25) is 15.9 Å². The van der Waals surface area contributed by atoms with Crippen molar-refractivity contribution in [3.05, 3.63) is 64.1 Å². The zero-order chi connectivity index (χ0) is 22.9. The van der Waals surface area contributed by atoms with Gasteiger partial charge in [0, 0.05) is 30.5 Å². The normalized spacial score (nSPS) is 13.9. The predicted molar refractivity (Wildman–Crippen MR) is 123 cm³/mol. The number of amides is 2. The average Bonchev–Trinajstić information content (AvgIpc) is 3.19. The molecule has 0 saturated carbocycles. The molecule has 2 aromatic carbocycles. The number of benzene rings is 2. The van der Waals surface area contributed by atoms with Crippen LogP contribution in [0, 0.1) is 0 Å². The summed E-state index contributed by atoms with van der Waals surface area (Å²) in [6.07, 6.45) is 0.412. The quantitative estimate of drug-likeness (QED) is 0.490. The lowest BCUT2D eigenvalue weighted by atomic mass is 10.2. The molecular formula is C21H21N5O4S2. The first kappa shape index (κ1) is 21.9. The molecule has 1 aliphatic heterocycles. The molecule has 0 unspecified atom stereocenters. The monoisotopic (exact) mass is 471 g/mol. The van der Waals surface area contributed by atoms with Crippen molar-refractivity contribution in [1.29, 1.82) is 0 Å². The van der Waals surface area contributed by atoms with Gasteiger partial charge in [-0.2, -0.15) is 4.31 Å². The number of carbonyl (C=O) groups is 2. The maximum atomic E-state index is 13.1. The third kappa shape index (κ3) is 4.49. The van der Waals surface area contributed by atoms with Crippen molar-refractivity contribution >= 4 is 50.2 Å². The second-order valence-electron chi connectivity index (χ2n) is 7.22. The van der Waals surface area contributed by atoms with Gasteiger partial charge in [0.25, 0.3) is 5.91 Å². The molecule has 11 heteroatoms. The maximum absolute atomic E-state index is 13.1. The molecule has 166 valence electrons. The molecule has 1 aliphatic rings. The van der Waals surface area contributed by atoms with E-state index in [1.54, 1.807) is 36.4 Å². The van der Waals surface area contributed by atoms with Gasteiger partial charge >= 0.3 is 0 Å². The summed E-state index contributed by atoms with van der Waals surface area (Å²) < 4.78 is 27.5. The molecule has 0 fully saturated rings. The molecule has 0 aliphatic carbocycles. The Kier molecular flexibility index (Phi) is 5.96. The highest BCUT2D eigenvalue weighted by Crippen LogP contribution is 2.30. The Morgan fingerprint density at radius 2 is 1.81 bits per heavy atom. The van der Waals surface area contributed by atoms with E-state index >= 15 is 0 Å². The molecule has 0 atom stereocenters. The second-order valence-corrected chi connectivity index (χ2v) is 10.2. The fraction of sp³-hybridized carbons (Fsp3) is 0.190. The predicted octanol–water partition coefficient (Wildman–Crippen LogP) is 2.68. The number of carbonyl (C=O) groups excluding carboxylic acids is 2. The van der Waals surface area contributed by atoms with Crippen LogP contribution >= 0.6 is 11.3 Å². The standard InChI is InChI=1S/C21H21N5O4S2/c1-13(27)23-14-6-8-15(9-7-14)32(29,30)26-11-10-18-19(12-26)31-21(25-18)20(28)24-17-5-3-2-4-16(17)22/h2-9H,10-12,22H2,1H3,(H,23,27)(H,24,28). The highest BCUT2D eigenvalue weighted by molar-refractivity contribution is 7.89. The number of fused-ring (bicyclic) bond motifs is 1. The highest BCUT2D eigenvalue weighted by Gasteiger charge is 2.31. The van der Waals surface area contributed by atoms with E-state index in [1.165, 1.54) is 34.7 Å². The van der Waals surface area contributed by atoms with Crippen LogP contribution in [0.4, 0.5) is 17.1 Å². The van der Waals surface area contributed by atoms with Crippen LogP contribution in [0.2, 0.25) is 0 Å². The highest BCUT2D eigenvalue weighted by atomic mass is 32.2. The van der Waals surface area contributed by atoms with Crippen LogP contribution in [0.25, 0.3) is 0 Å². The van der Waals surface area contributed by atoms with Gasteiger partial charge < -0.3 is 16.4 Å². The van der Waals surface area contributed by atoms with E-state index < -0.39 is 10.0 Å². The van der Waals surface area contributed by atoms with Crippen LogP contribution in [-0.2, 0) is 27.8 Å². The third-order valence-electron chi connectivity index (χ3n) is 4.91. The van der Waals surface area contributed by atoms with Crippen molar-refractivity contribution in [3.8, 4) is 0 Å². The summed E-state index contributed by atoms with van der Waals surface area (Å²) in [6, 6.07) is 13.0. The Hall–Kier alpha value is -3.28. The van der Waals surface area contributed by atoms with Gasteiger partial charge in [-0.15, -0.1) is 11.3 Å². The van der Waals surface area contributed by atoms with Crippen molar-refractivity contribution in [2.45, 2.75) is 24.8 Å². The number of thiazole rings is 1. The molecule has 3 aromatic rings. The summed E-state index contributed by atoms with van der Waals surface area (Å²) in [5.74, 6) is -0.616. The minimum Gasteiger partial charge on any atom is -0.397 e. The minimum absolute atomic E-state index is 0.136. The number of nitrogens with zero attached hydrogens (tertiary/aromatic N) is 2. The van der Waals surface area contributed by atoms with Crippen molar-refractivity contribution in [2.24, 2.45) is 0 Å². The Balaban J connectivity index is 1.50. The molecule has 2 heterocycles. The summed E-state index contributed by atoms with van der Waals surface area (Å²) in [5, 5.41) is 5.62. The average molecular weight is 472 g/mol. The molecule has 4 N–H and O–H groups in total. The fourth-order valence-electron chi connectivity index (χ4n) is 3.32. The van der Waals surface area contributed by atoms with Crippen LogP contribution < -0.4 is 16.4 Å². The number of nitrogen functional groups attached to an aromatic ring is 1. The van der Waals surface area contributed by atoms with Gasteiger partial charge in [0.05, 0.1) is 28.5 Å². The van der Waals surface area contributed by atoms with E-state index in [4.69, 9.17) is 5.73 Å². The van der Waals surface area contributed by atoms with Crippen molar-refractivity contribution in [1.82, 2.24) is 9.29 Å². The van der Waals surface area contributed by atoms with Gasteiger partial charge in [-0.1, -0.05) is 12.1 Å². The molecule has 0 bridgehead atoms. The summed E-state index contributed by atoms with van der Waals surface area (Å²) in [6.45, 7) is 1.79. The largest absolute Gasteiger partial charge is 0.397 e. The number of anilines is 3. The number of rotatable bonds is 5. The van der Waals surface area contributed by atoms with E-state index in [-0.39, 0.29) is 34.8 Å². The van der Waals surface area contributed by atoms with E-state index in [0.717, 1.165) is 10.6 Å². The van der Waals surface area contributed by atoms with E-state index in [9.17, 15) is 18.0 Å². The molecule has 1 aromatic heterocycles. The zero-order valence-electron chi connectivity index (χ0n) is 17.2. The molecule has 32 heavy (non-hydrogen) atoms.